The first-order valence-corrected chi connectivity index (χ1v) is 9.82. The van der Waals surface area contributed by atoms with E-state index >= 15 is 0 Å². The molecule has 5 nitrogen and oxygen atoms in total. The van der Waals surface area contributed by atoms with Gasteiger partial charge >= 0.3 is 0 Å². The average Bonchev–Trinajstić information content (AvgIpc) is 2.97. The highest BCUT2D eigenvalue weighted by Crippen LogP contribution is 2.22. The molecular formula is C19H19FN2O3S. The molecule has 26 heavy (non-hydrogen) atoms. The molecule has 0 aliphatic carbocycles. The van der Waals surface area contributed by atoms with E-state index in [1.807, 2.05) is 6.07 Å². The Morgan fingerprint density at radius 1 is 1.08 bits per heavy atom. The number of hydrogen-bond acceptors (Lipinski definition) is 4. The molecule has 0 aliphatic heterocycles. The van der Waals surface area contributed by atoms with Crippen LogP contribution in [0, 0.1) is 12.7 Å². The van der Waals surface area contributed by atoms with Crippen LogP contribution in [0.25, 0.3) is 11.5 Å². The number of aryl methyl sites for hydroxylation is 1. The molecular weight excluding hydrogens is 355 g/mol. The van der Waals surface area contributed by atoms with Crippen molar-refractivity contribution < 1.29 is 17.2 Å². The second-order valence-corrected chi connectivity index (χ2v) is 7.72. The molecule has 0 spiro atoms. The molecule has 0 amide bonds. The van der Waals surface area contributed by atoms with Crippen LogP contribution in [-0.4, -0.2) is 19.9 Å². The van der Waals surface area contributed by atoms with Crippen molar-refractivity contribution in [2.75, 3.05) is 6.54 Å². The summed E-state index contributed by atoms with van der Waals surface area (Å²) < 4.78 is 45.5. The van der Waals surface area contributed by atoms with Gasteiger partial charge in [0.25, 0.3) is 0 Å². The number of hydrogen-bond donors (Lipinski definition) is 1. The number of nitrogens with one attached hydrogen (secondary N) is 1. The maximum absolute atomic E-state index is 13.0. The molecule has 0 unspecified atom stereocenters. The summed E-state index contributed by atoms with van der Waals surface area (Å²) in [6, 6.07) is 14.9. The zero-order chi connectivity index (χ0) is 18.6. The van der Waals surface area contributed by atoms with Crippen LogP contribution in [-0.2, 0) is 22.2 Å². The minimum Gasteiger partial charge on any atom is -0.441 e. The summed E-state index contributed by atoms with van der Waals surface area (Å²) in [6.07, 6.45) is 0.407. The van der Waals surface area contributed by atoms with Gasteiger partial charge in [0.2, 0.25) is 15.9 Å². The van der Waals surface area contributed by atoms with E-state index in [1.54, 1.807) is 43.3 Å². The SMILES string of the molecule is Cc1oc(-c2ccc(F)cc2)nc1CCNS(=O)(=O)Cc1ccccc1. The summed E-state index contributed by atoms with van der Waals surface area (Å²) in [5, 5.41) is 0. The summed E-state index contributed by atoms with van der Waals surface area (Å²) in [5.74, 6) is 0.619. The lowest BCUT2D eigenvalue weighted by atomic mass is 10.2. The lowest BCUT2D eigenvalue weighted by Crippen LogP contribution is -2.27. The van der Waals surface area contributed by atoms with Crippen LogP contribution in [0.2, 0.25) is 0 Å². The normalized spacial score (nSPS) is 11.6. The van der Waals surface area contributed by atoms with E-state index in [0.29, 0.717) is 29.3 Å². The monoisotopic (exact) mass is 374 g/mol. The molecule has 0 saturated heterocycles. The van der Waals surface area contributed by atoms with Gasteiger partial charge < -0.3 is 4.42 Å². The van der Waals surface area contributed by atoms with Gasteiger partial charge in [-0.1, -0.05) is 30.3 Å². The van der Waals surface area contributed by atoms with Crippen molar-refractivity contribution in [1.82, 2.24) is 9.71 Å². The molecule has 0 saturated carbocycles. The number of aromatic nitrogens is 1. The minimum absolute atomic E-state index is 0.0630. The fourth-order valence-electron chi connectivity index (χ4n) is 2.55. The van der Waals surface area contributed by atoms with Gasteiger partial charge in [0.1, 0.15) is 11.6 Å². The predicted molar refractivity (Wildman–Crippen MR) is 97.4 cm³/mol. The zero-order valence-electron chi connectivity index (χ0n) is 14.3. The third-order valence-corrected chi connectivity index (χ3v) is 5.22. The van der Waals surface area contributed by atoms with E-state index in [4.69, 9.17) is 4.42 Å². The topological polar surface area (TPSA) is 72.2 Å². The van der Waals surface area contributed by atoms with Crippen LogP contribution in [0.3, 0.4) is 0 Å². The quantitative estimate of drug-likeness (QED) is 0.687. The first kappa shape index (κ1) is 18.3. The summed E-state index contributed by atoms with van der Waals surface area (Å²) in [6.45, 7) is 2.00. The van der Waals surface area contributed by atoms with Gasteiger partial charge in [0.05, 0.1) is 11.4 Å². The van der Waals surface area contributed by atoms with E-state index < -0.39 is 10.0 Å². The van der Waals surface area contributed by atoms with Gasteiger partial charge in [-0.15, -0.1) is 0 Å². The number of benzene rings is 2. The molecule has 0 atom stereocenters. The van der Waals surface area contributed by atoms with Crippen molar-refractivity contribution in [2.45, 2.75) is 19.1 Å². The summed E-state index contributed by atoms with van der Waals surface area (Å²) in [7, 11) is -3.42. The van der Waals surface area contributed by atoms with Gasteiger partial charge in [0.15, 0.2) is 0 Å². The van der Waals surface area contributed by atoms with E-state index in [9.17, 15) is 12.8 Å². The zero-order valence-corrected chi connectivity index (χ0v) is 15.1. The summed E-state index contributed by atoms with van der Waals surface area (Å²) >= 11 is 0. The smallest absolute Gasteiger partial charge is 0.226 e. The van der Waals surface area contributed by atoms with E-state index in [1.165, 1.54) is 12.1 Å². The molecule has 7 heteroatoms. The largest absolute Gasteiger partial charge is 0.441 e. The van der Waals surface area contributed by atoms with Crippen LogP contribution in [0.15, 0.2) is 59.0 Å². The maximum atomic E-state index is 13.0. The fraction of sp³-hybridized carbons (Fsp3) is 0.211. The Labute approximate surface area is 151 Å². The highest BCUT2D eigenvalue weighted by Gasteiger charge is 2.14. The Morgan fingerprint density at radius 3 is 2.46 bits per heavy atom. The molecule has 136 valence electrons. The van der Waals surface area contributed by atoms with Crippen molar-refractivity contribution in [3.63, 3.8) is 0 Å². The van der Waals surface area contributed by atoms with E-state index in [2.05, 4.69) is 9.71 Å². The van der Waals surface area contributed by atoms with Crippen molar-refractivity contribution in [2.24, 2.45) is 0 Å². The molecule has 0 bridgehead atoms. The highest BCUT2D eigenvalue weighted by molar-refractivity contribution is 7.88. The third-order valence-electron chi connectivity index (χ3n) is 3.87. The maximum Gasteiger partial charge on any atom is 0.226 e. The van der Waals surface area contributed by atoms with E-state index in [-0.39, 0.29) is 18.1 Å². The molecule has 0 aliphatic rings. The Bertz CT molecular complexity index is 968. The van der Waals surface area contributed by atoms with Crippen LogP contribution >= 0.6 is 0 Å². The molecule has 2 aromatic carbocycles. The van der Waals surface area contributed by atoms with Crippen molar-refractivity contribution in [1.29, 1.82) is 0 Å². The number of nitrogens with zero attached hydrogens (tertiary/aromatic N) is 1. The summed E-state index contributed by atoms with van der Waals surface area (Å²) in [5.41, 5.74) is 2.08. The standard InChI is InChI=1S/C19H19FN2O3S/c1-14-18(22-19(25-14)16-7-9-17(20)10-8-16)11-12-21-26(23,24)13-15-5-3-2-4-6-15/h2-10,21H,11-13H2,1H3. The van der Waals surface area contributed by atoms with Gasteiger partial charge in [-0.05, 0) is 36.8 Å². The van der Waals surface area contributed by atoms with Crippen molar-refractivity contribution in [3.8, 4) is 11.5 Å². The van der Waals surface area contributed by atoms with Gasteiger partial charge in [0, 0.05) is 18.5 Å². The number of halogens is 1. The Hall–Kier alpha value is -2.51. The lowest BCUT2D eigenvalue weighted by molar-refractivity contribution is 0.538. The predicted octanol–water partition coefficient (Wildman–Crippen LogP) is 3.45. The number of rotatable bonds is 7. The lowest BCUT2D eigenvalue weighted by Gasteiger charge is -2.06. The Balaban J connectivity index is 1.60. The highest BCUT2D eigenvalue weighted by atomic mass is 32.2. The minimum atomic E-state index is -3.42. The summed E-state index contributed by atoms with van der Waals surface area (Å²) in [4.78, 5) is 4.39. The second-order valence-electron chi connectivity index (χ2n) is 5.92. The first-order valence-electron chi connectivity index (χ1n) is 8.16. The molecule has 0 fully saturated rings. The van der Waals surface area contributed by atoms with Gasteiger partial charge in [-0.25, -0.2) is 22.5 Å². The third kappa shape index (κ3) is 4.77. The van der Waals surface area contributed by atoms with Crippen molar-refractivity contribution >= 4 is 10.0 Å². The molecule has 1 N–H and O–H groups in total. The fourth-order valence-corrected chi connectivity index (χ4v) is 3.69. The number of sulfonamides is 1. The molecule has 0 radical (unpaired) electrons. The van der Waals surface area contributed by atoms with Crippen LogP contribution in [0.1, 0.15) is 17.0 Å². The molecule has 1 aromatic heterocycles. The molecule has 3 aromatic rings. The van der Waals surface area contributed by atoms with Crippen LogP contribution in [0.5, 0.6) is 0 Å². The van der Waals surface area contributed by atoms with Gasteiger partial charge in [-0.2, -0.15) is 0 Å². The second kappa shape index (κ2) is 7.80. The Kier molecular flexibility index (Phi) is 5.49. The Morgan fingerprint density at radius 2 is 1.77 bits per heavy atom. The van der Waals surface area contributed by atoms with Crippen LogP contribution in [0.4, 0.5) is 4.39 Å². The number of oxazole rings is 1. The molecule has 1 heterocycles. The van der Waals surface area contributed by atoms with Crippen LogP contribution < -0.4 is 4.72 Å². The average molecular weight is 374 g/mol. The molecule has 3 rings (SSSR count). The van der Waals surface area contributed by atoms with E-state index in [0.717, 1.165) is 5.56 Å². The van der Waals surface area contributed by atoms with Crippen molar-refractivity contribution in [3.05, 3.63) is 77.4 Å². The van der Waals surface area contributed by atoms with Gasteiger partial charge in [-0.3, -0.25) is 0 Å². The first-order chi connectivity index (χ1) is 12.4.